The van der Waals surface area contributed by atoms with Crippen LogP contribution in [0.15, 0.2) is 36.4 Å². The van der Waals surface area contributed by atoms with Crippen LogP contribution in [0.5, 0.6) is 0 Å². The molecule has 2 aromatic heterocycles. The van der Waals surface area contributed by atoms with Crippen LogP contribution in [0.25, 0.3) is 16.9 Å². The van der Waals surface area contributed by atoms with Gasteiger partial charge in [0.2, 0.25) is 0 Å². The molecule has 0 N–H and O–H groups in total. The lowest BCUT2D eigenvalue weighted by molar-refractivity contribution is -0.142. The molecule has 0 spiro atoms. The second-order valence-electron chi connectivity index (χ2n) is 7.31. The maximum absolute atomic E-state index is 13.7. The van der Waals surface area contributed by atoms with Gasteiger partial charge in [-0.2, -0.15) is 18.3 Å². The highest BCUT2D eigenvalue weighted by atomic mass is 35.5. The molecule has 3 heterocycles. The Kier molecular flexibility index (Phi) is 4.98. The van der Waals surface area contributed by atoms with E-state index in [1.165, 1.54) is 6.07 Å². The maximum Gasteiger partial charge on any atom is 0.433 e. The summed E-state index contributed by atoms with van der Waals surface area (Å²) in [6, 6.07) is 8.60. The number of likely N-dealkylation sites (tertiary alicyclic amines) is 1. The molecule has 1 aliphatic heterocycles. The van der Waals surface area contributed by atoms with Crippen LogP contribution in [-0.4, -0.2) is 38.5 Å². The van der Waals surface area contributed by atoms with Crippen molar-refractivity contribution in [2.75, 3.05) is 13.1 Å². The molecule has 1 amide bonds. The minimum atomic E-state index is -4.66. The second kappa shape index (κ2) is 7.33. The number of halogens is 4. The van der Waals surface area contributed by atoms with Crippen LogP contribution in [0.2, 0.25) is 5.02 Å². The number of nitrogens with zero attached hydrogens (tertiary/aromatic N) is 4. The topological polar surface area (TPSA) is 50.5 Å². The predicted molar refractivity (Wildman–Crippen MR) is 103 cm³/mol. The molecule has 0 atom stereocenters. The minimum absolute atomic E-state index is 0.0292. The minimum Gasteiger partial charge on any atom is -0.337 e. The molecular weight excluding hydrogens is 405 g/mol. The Morgan fingerprint density at radius 1 is 1.14 bits per heavy atom. The van der Waals surface area contributed by atoms with Gasteiger partial charge >= 0.3 is 6.18 Å². The zero-order chi connectivity index (χ0) is 20.8. The smallest absolute Gasteiger partial charge is 0.337 e. The highest BCUT2D eigenvalue weighted by Crippen LogP contribution is 2.32. The highest BCUT2D eigenvalue weighted by molar-refractivity contribution is 6.30. The highest BCUT2D eigenvalue weighted by Gasteiger charge is 2.36. The van der Waals surface area contributed by atoms with Gasteiger partial charge in [-0.3, -0.25) is 4.79 Å². The van der Waals surface area contributed by atoms with E-state index in [0.717, 1.165) is 18.9 Å². The van der Waals surface area contributed by atoms with Crippen LogP contribution in [0, 0.1) is 5.92 Å². The molecule has 0 bridgehead atoms. The Hall–Kier alpha value is -2.61. The summed E-state index contributed by atoms with van der Waals surface area (Å²) in [5.74, 6) is 0.157. The summed E-state index contributed by atoms with van der Waals surface area (Å²) in [5, 5.41) is 4.42. The van der Waals surface area contributed by atoms with Crippen LogP contribution in [-0.2, 0) is 6.18 Å². The molecule has 0 radical (unpaired) electrons. The average Bonchev–Trinajstić information content (AvgIpc) is 3.11. The Labute approximate surface area is 170 Å². The van der Waals surface area contributed by atoms with Gasteiger partial charge in [-0.25, -0.2) is 9.50 Å². The largest absolute Gasteiger partial charge is 0.433 e. The lowest BCUT2D eigenvalue weighted by atomic mass is 9.99. The van der Waals surface area contributed by atoms with E-state index in [0.29, 0.717) is 34.1 Å². The molecular formula is C20H18ClF3N4O. The van der Waals surface area contributed by atoms with Gasteiger partial charge < -0.3 is 4.90 Å². The van der Waals surface area contributed by atoms with Crippen molar-refractivity contribution in [2.24, 2.45) is 5.92 Å². The van der Waals surface area contributed by atoms with E-state index >= 15 is 0 Å². The molecule has 1 saturated heterocycles. The quantitative estimate of drug-likeness (QED) is 0.587. The standard InChI is InChI=1S/C20H18ClF3N4O/c1-12-6-8-27(9-7-12)19(29)16-11-18-25-15(13-2-4-14(21)5-3-13)10-17(20(22,23)24)28(18)26-16/h2-5,10-12H,6-9H2,1H3. The molecule has 1 aliphatic rings. The fraction of sp³-hybridized carbons (Fsp3) is 0.350. The fourth-order valence-electron chi connectivity index (χ4n) is 3.42. The number of amides is 1. The second-order valence-corrected chi connectivity index (χ2v) is 7.74. The first-order valence-electron chi connectivity index (χ1n) is 9.25. The van der Waals surface area contributed by atoms with E-state index in [1.807, 2.05) is 0 Å². The SMILES string of the molecule is CC1CCN(C(=O)c2cc3nc(-c4ccc(Cl)cc4)cc(C(F)(F)F)n3n2)CC1. The van der Waals surface area contributed by atoms with E-state index in [9.17, 15) is 18.0 Å². The van der Waals surface area contributed by atoms with Crippen LogP contribution in [0.3, 0.4) is 0 Å². The Morgan fingerprint density at radius 2 is 1.79 bits per heavy atom. The summed E-state index contributed by atoms with van der Waals surface area (Å²) in [7, 11) is 0. The van der Waals surface area contributed by atoms with E-state index in [4.69, 9.17) is 11.6 Å². The number of benzene rings is 1. The van der Waals surface area contributed by atoms with Crippen molar-refractivity contribution in [1.82, 2.24) is 19.5 Å². The third kappa shape index (κ3) is 3.94. The van der Waals surface area contributed by atoms with Crippen molar-refractivity contribution in [1.29, 1.82) is 0 Å². The number of hydrogen-bond acceptors (Lipinski definition) is 3. The third-order valence-corrected chi connectivity index (χ3v) is 5.40. The van der Waals surface area contributed by atoms with E-state index in [2.05, 4.69) is 17.0 Å². The van der Waals surface area contributed by atoms with Crippen molar-refractivity contribution in [3.63, 3.8) is 0 Å². The monoisotopic (exact) mass is 422 g/mol. The lowest BCUT2D eigenvalue weighted by Gasteiger charge is -2.29. The molecule has 29 heavy (non-hydrogen) atoms. The number of piperidine rings is 1. The molecule has 0 unspecified atom stereocenters. The summed E-state index contributed by atoms with van der Waals surface area (Å²) in [6.45, 7) is 3.26. The van der Waals surface area contributed by atoms with Gasteiger partial charge in [0.05, 0.1) is 5.69 Å². The summed E-state index contributed by atoms with van der Waals surface area (Å²) in [5.41, 5.74) is -0.434. The first-order valence-corrected chi connectivity index (χ1v) is 9.63. The molecule has 152 valence electrons. The van der Waals surface area contributed by atoms with E-state index in [1.54, 1.807) is 29.2 Å². The van der Waals surface area contributed by atoms with E-state index < -0.39 is 11.9 Å². The number of carbonyl (C=O) groups is 1. The lowest BCUT2D eigenvalue weighted by Crippen LogP contribution is -2.38. The predicted octanol–water partition coefficient (Wildman–Crippen LogP) is 4.94. The van der Waals surface area contributed by atoms with Gasteiger partial charge in [-0.15, -0.1) is 0 Å². The number of hydrogen-bond donors (Lipinski definition) is 0. The zero-order valence-corrected chi connectivity index (χ0v) is 16.3. The van der Waals surface area contributed by atoms with Gasteiger partial charge in [0.25, 0.3) is 5.91 Å². The van der Waals surface area contributed by atoms with Crippen molar-refractivity contribution in [3.05, 3.63) is 52.8 Å². The normalized spacial score (nSPS) is 15.8. The first kappa shape index (κ1) is 19.7. The van der Waals surface area contributed by atoms with Crippen molar-refractivity contribution >= 4 is 23.2 Å². The Balaban J connectivity index is 1.78. The van der Waals surface area contributed by atoms with Gasteiger partial charge in [0, 0.05) is 29.7 Å². The van der Waals surface area contributed by atoms with Gasteiger partial charge in [-0.05, 0) is 37.0 Å². The summed E-state index contributed by atoms with van der Waals surface area (Å²) >= 11 is 5.86. The molecule has 4 rings (SSSR count). The summed E-state index contributed by atoms with van der Waals surface area (Å²) in [6.07, 6.45) is -2.92. The zero-order valence-electron chi connectivity index (χ0n) is 15.6. The number of rotatable bonds is 2. The number of alkyl halides is 3. The van der Waals surface area contributed by atoms with Crippen LogP contribution >= 0.6 is 11.6 Å². The third-order valence-electron chi connectivity index (χ3n) is 5.15. The summed E-state index contributed by atoms with van der Waals surface area (Å²) in [4.78, 5) is 18.7. The van der Waals surface area contributed by atoms with Gasteiger partial charge in [0.15, 0.2) is 17.0 Å². The van der Waals surface area contributed by atoms with Crippen molar-refractivity contribution < 1.29 is 18.0 Å². The maximum atomic E-state index is 13.7. The van der Waals surface area contributed by atoms with Crippen LogP contribution < -0.4 is 0 Å². The van der Waals surface area contributed by atoms with Crippen LogP contribution in [0.1, 0.15) is 35.9 Å². The molecule has 9 heteroatoms. The van der Waals surface area contributed by atoms with Crippen LogP contribution in [0.4, 0.5) is 13.2 Å². The Morgan fingerprint density at radius 3 is 2.41 bits per heavy atom. The number of aromatic nitrogens is 3. The average molecular weight is 423 g/mol. The van der Waals surface area contributed by atoms with Crippen molar-refractivity contribution in [2.45, 2.75) is 25.9 Å². The number of fused-ring (bicyclic) bond motifs is 1. The first-order chi connectivity index (χ1) is 13.7. The van der Waals surface area contributed by atoms with E-state index in [-0.39, 0.29) is 22.9 Å². The molecule has 1 aromatic carbocycles. The molecule has 5 nitrogen and oxygen atoms in total. The number of carbonyl (C=O) groups excluding carboxylic acids is 1. The molecule has 0 saturated carbocycles. The molecule has 1 fully saturated rings. The molecule has 3 aromatic rings. The van der Waals surface area contributed by atoms with Crippen molar-refractivity contribution in [3.8, 4) is 11.3 Å². The fourth-order valence-corrected chi connectivity index (χ4v) is 3.55. The van der Waals surface area contributed by atoms with Gasteiger partial charge in [0.1, 0.15) is 0 Å². The Bertz CT molecular complexity index is 1050. The summed E-state index contributed by atoms with van der Waals surface area (Å²) < 4.78 is 41.7. The molecule has 0 aliphatic carbocycles. The van der Waals surface area contributed by atoms with Gasteiger partial charge in [-0.1, -0.05) is 30.7 Å².